The lowest BCUT2D eigenvalue weighted by atomic mass is 10.2. The summed E-state index contributed by atoms with van der Waals surface area (Å²) in [6.45, 7) is 3.65. The van der Waals surface area contributed by atoms with Gasteiger partial charge < -0.3 is 20.7 Å². The second kappa shape index (κ2) is 7.61. The first-order valence-electron chi connectivity index (χ1n) is 6.83. The Balaban J connectivity index is 2.12. The molecular weight excluding hydrogens is 322 g/mol. The molecule has 1 aliphatic rings. The summed E-state index contributed by atoms with van der Waals surface area (Å²) in [5, 5.41) is 2.98. The van der Waals surface area contributed by atoms with Crippen LogP contribution in [0.4, 0.5) is 11.4 Å². The lowest BCUT2D eigenvalue weighted by Crippen LogP contribution is -2.36. The molecule has 1 amide bonds. The molecule has 0 atom stereocenters. The third-order valence-corrected chi connectivity index (χ3v) is 3.69. The van der Waals surface area contributed by atoms with Gasteiger partial charge >= 0.3 is 0 Å². The highest BCUT2D eigenvalue weighted by atomic mass is 79.9. The molecule has 1 aromatic carbocycles. The van der Waals surface area contributed by atoms with Crippen LogP contribution >= 0.6 is 15.9 Å². The number of halogens is 1. The van der Waals surface area contributed by atoms with Gasteiger partial charge in [0, 0.05) is 24.0 Å². The summed E-state index contributed by atoms with van der Waals surface area (Å²) in [4.78, 5) is 14.1. The molecule has 1 saturated heterocycles. The molecule has 20 heavy (non-hydrogen) atoms. The molecule has 2 rings (SSSR count). The topological polar surface area (TPSA) is 67.6 Å². The molecule has 3 N–H and O–H groups in total. The number of hydrogen-bond donors (Lipinski definition) is 2. The van der Waals surface area contributed by atoms with Crippen molar-refractivity contribution in [3.8, 4) is 0 Å². The summed E-state index contributed by atoms with van der Waals surface area (Å²) < 4.78 is 6.31. The fraction of sp³-hybridized carbons (Fsp3) is 0.500. The Bertz CT molecular complexity index is 462. The Kier molecular flexibility index (Phi) is 5.82. The minimum absolute atomic E-state index is 0.00283. The van der Waals surface area contributed by atoms with Crippen LogP contribution in [0.2, 0.25) is 0 Å². The summed E-state index contributed by atoms with van der Waals surface area (Å²) in [6, 6.07) is 5.94. The number of carbonyl (C=O) groups excluding carboxylic acids is 1. The van der Waals surface area contributed by atoms with E-state index in [1.807, 2.05) is 18.2 Å². The average Bonchev–Trinajstić information content (AvgIpc) is 2.46. The molecule has 6 heteroatoms. The van der Waals surface area contributed by atoms with Crippen LogP contribution in [-0.4, -0.2) is 38.8 Å². The fourth-order valence-corrected chi connectivity index (χ4v) is 2.52. The van der Waals surface area contributed by atoms with Crippen LogP contribution in [0.15, 0.2) is 22.7 Å². The van der Waals surface area contributed by atoms with Crippen molar-refractivity contribution in [1.29, 1.82) is 0 Å². The largest absolute Gasteiger partial charge is 0.378 e. The van der Waals surface area contributed by atoms with Crippen molar-refractivity contribution in [2.24, 2.45) is 5.73 Å². The molecule has 0 aromatic heterocycles. The van der Waals surface area contributed by atoms with Crippen molar-refractivity contribution in [2.75, 3.05) is 43.1 Å². The van der Waals surface area contributed by atoms with Crippen LogP contribution in [0.5, 0.6) is 0 Å². The number of hydrogen-bond acceptors (Lipinski definition) is 4. The average molecular weight is 342 g/mol. The normalized spacial score (nSPS) is 15.2. The van der Waals surface area contributed by atoms with Gasteiger partial charge in [0.15, 0.2) is 0 Å². The van der Waals surface area contributed by atoms with Crippen LogP contribution in [0.3, 0.4) is 0 Å². The third-order valence-electron chi connectivity index (χ3n) is 3.19. The summed E-state index contributed by atoms with van der Waals surface area (Å²) >= 11 is 3.45. The highest BCUT2D eigenvalue weighted by Gasteiger charge is 2.16. The van der Waals surface area contributed by atoms with Crippen molar-refractivity contribution >= 4 is 33.2 Å². The predicted molar refractivity (Wildman–Crippen MR) is 84.1 cm³/mol. The molecule has 1 aromatic rings. The maximum Gasteiger partial charge on any atom is 0.224 e. The number of ether oxygens (including phenoxy) is 1. The van der Waals surface area contributed by atoms with E-state index in [1.54, 1.807) is 0 Å². The molecule has 0 spiro atoms. The zero-order chi connectivity index (χ0) is 14.4. The summed E-state index contributed by atoms with van der Waals surface area (Å²) in [6.07, 6.45) is 1.15. The number of benzene rings is 1. The number of nitrogens with zero attached hydrogens (tertiary/aromatic N) is 1. The minimum Gasteiger partial charge on any atom is -0.378 e. The monoisotopic (exact) mass is 341 g/mol. The van der Waals surface area contributed by atoms with Crippen molar-refractivity contribution < 1.29 is 9.53 Å². The Morgan fingerprint density at radius 1 is 1.40 bits per heavy atom. The lowest BCUT2D eigenvalue weighted by molar-refractivity contribution is -0.116. The predicted octanol–water partition coefficient (Wildman–Crippen LogP) is 1.96. The first-order chi connectivity index (χ1) is 9.70. The van der Waals surface area contributed by atoms with Gasteiger partial charge in [0.2, 0.25) is 5.91 Å². The van der Waals surface area contributed by atoms with Gasteiger partial charge in [-0.1, -0.05) is 15.9 Å². The second-order valence-electron chi connectivity index (χ2n) is 4.70. The van der Waals surface area contributed by atoms with Gasteiger partial charge in [-0.05, 0) is 31.2 Å². The molecule has 0 aliphatic carbocycles. The molecule has 0 radical (unpaired) electrons. The Morgan fingerprint density at radius 3 is 2.85 bits per heavy atom. The van der Waals surface area contributed by atoms with Crippen LogP contribution in [0.25, 0.3) is 0 Å². The van der Waals surface area contributed by atoms with Crippen molar-refractivity contribution in [3.05, 3.63) is 22.7 Å². The fourth-order valence-electron chi connectivity index (χ4n) is 2.16. The molecule has 0 saturated carbocycles. The molecule has 5 nitrogen and oxygen atoms in total. The SMILES string of the molecule is NCCCC(=O)Nc1cc(Br)ccc1N1CCOCC1. The van der Waals surface area contributed by atoms with E-state index < -0.39 is 0 Å². The molecule has 0 unspecified atom stereocenters. The van der Waals surface area contributed by atoms with Gasteiger partial charge in [0.1, 0.15) is 0 Å². The van der Waals surface area contributed by atoms with Gasteiger partial charge in [-0.25, -0.2) is 0 Å². The van der Waals surface area contributed by atoms with E-state index in [1.165, 1.54) is 0 Å². The summed E-state index contributed by atoms with van der Waals surface area (Å²) in [7, 11) is 0. The molecule has 0 bridgehead atoms. The van der Waals surface area contributed by atoms with E-state index in [9.17, 15) is 4.79 Å². The smallest absolute Gasteiger partial charge is 0.224 e. The number of nitrogens with one attached hydrogen (secondary N) is 1. The van der Waals surface area contributed by atoms with Crippen LogP contribution in [0.1, 0.15) is 12.8 Å². The van der Waals surface area contributed by atoms with Gasteiger partial charge in [-0.2, -0.15) is 0 Å². The molecule has 1 aliphatic heterocycles. The minimum atomic E-state index is 0.00283. The Labute approximate surface area is 127 Å². The van der Waals surface area contributed by atoms with Gasteiger partial charge in [0.05, 0.1) is 24.6 Å². The first kappa shape index (κ1) is 15.3. The van der Waals surface area contributed by atoms with Crippen LogP contribution < -0.4 is 16.0 Å². The molecule has 1 heterocycles. The number of amides is 1. The third kappa shape index (κ3) is 4.19. The van der Waals surface area contributed by atoms with Crippen molar-refractivity contribution in [2.45, 2.75) is 12.8 Å². The van der Waals surface area contributed by atoms with Crippen LogP contribution in [0, 0.1) is 0 Å². The molecule has 110 valence electrons. The Hall–Kier alpha value is -1.11. The van der Waals surface area contributed by atoms with E-state index in [-0.39, 0.29) is 5.91 Å². The molecule has 1 fully saturated rings. The summed E-state index contributed by atoms with van der Waals surface area (Å²) in [5.41, 5.74) is 7.31. The van der Waals surface area contributed by atoms with Crippen LogP contribution in [-0.2, 0) is 9.53 Å². The van der Waals surface area contributed by atoms with Gasteiger partial charge in [-0.15, -0.1) is 0 Å². The Morgan fingerprint density at radius 2 is 2.15 bits per heavy atom. The van der Waals surface area contributed by atoms with Crippen molar-refractivity contribution in [3.63, 3.8) is 0 Å². The van der Waals surface area contributed by atoms with E-state index in [0.29, 0.717) is 19.4 Å². The number of morpholine rings is 1. The zero-order valence-electron chi connectivity index (χ0n) is 11.4. The quantitative estimate of drug-likeness (QED) is 0.859. The number of nitrogens with two attached hydrogens (primary N) is 1. The van der Waals surface area contributed by atoms with Crippen molar-refractivity contribution in [1.82, 2.24) is 0 Å². The first-order valence-corrected chi connectivity index (χ1v) is 7.62. The number of anilines is 2. The lowest BCUT2D eigenvalue weighted by Gasteiger charge is -2.30. The zero-order valence-corrected chi connectivity index (χ0v) is 13.0. The number of rotatable bonds is 5. The number of carbonyl (C=O) groups is 1. The van der Waals surface area contributed by atoms with E-state index in [0.717, 1.165) is 42.2 Å². The summed E-state index contributed by atoms with van der Waals surface area (Å²) in [5.74, 6) is 0.00283. The molecular formula is C14H20BrN3O2. The van der Waals surface area contributed by atoms with E-state index >= 15 is 0 Å². The highest BCUT2D eigenvalue weighted by Crippen LogP contribution is 2.30. The second-order valence-corrected chi connectivity index (χ2v) is 5.62. The maximum atomic E-state index is 11.9. The maximum absolute atomic E-state index is 11.9. The van der Waals surface area contributed by atoms with E-state index in [4.69, 9.17) is 10.5 Å². The van der Waals surface area contributed by atoms with Gasteiger partial charge in [0.25, 0.3) is 0 Å². The highest BCUT2D eigenvalue weighted by molar-refractivity contribution is 9.10. The standard InChI is InChI=1S/C14H20BrN3O2/c15-11-3-4-13(18-6-8-20-9-7-18)12(10-11)17-14(19)2-1-5-16/h3-4,10H,1-2,5-9,16H2,(H,17,19). The van der Waals surface area contributed by atoms with E-state index in [2.05, 4.69) is 26.1 Å². The van der Waals surface area contributed by atoms with Gasteiger partial charge in [-0.3, -0.25) is 4.79 Å².